The van der Waals surface area contributed by atoms with E-state index >= 15 is 0 Å². The molecule has 1 rings (SSSR count). The van der Waals surface area contributed by atoms with Crippen LogP contribution in [0.1, 0.15) is 136 Å². The van der Waals surface area contributed by atoms with Gasteiger partial charge in [0.25, 0.3) is 0 Å². The molecule has 0 saturated heterocycles. The van der Waals surface area contributed by atoms with Crippen molar-refractivity contribution < 1.29 is 24.4 Å². The van der Waals surface area contributed by atoms with E-state index in [1.54, 1.807) is 0 Å². The molecule has 0 aliphatic carbocycles. The first kappa shape index (κ1) is 31.3. The van der Waals surface area contributed by atoms with Crippen molar-refractivity contribution in [2.24, 2.45) is 0 Å². The number of phenols is 2. The van der Waals surface area contributed by atoms with E-state index in [0.717, 1.165) is 70.6 Å². The Kier molecular flexibility index (Phi) is 18.2. The second kappa shape index (κ2) is 20.4. The maximum absolute atomic E-state index is 11.0. The van der Waals surface area contributed by atoms with Crippen LogP contribution in [0.5, 0.6) is 28.7 Å². The van der Waals surface area contributed by atoms with Crippen molar-refractivity contribution in [1.82, 2.24) is 0 Å². The molecule has 1 aromatic carbocycles. The number of unbranched alkanes of at least 4 members (excludes halogenated alkanes) is 12. The Morgan fingerprint density at radius 2 is 0.829 bits per heavy atom. The highest BCUT2D eigenvalue weighted by Gasteiger charge is 2.27. The number of rotatable bonds is 23. The van der Waals surface area contributed by atoms with E-state index in [2.05, 4.69) is 27.7 Å². The summed E-state index contributed by atoms with van der Waals surface area (Å²) in [5.41, 5.74) is 0.652. The summed E-state index contributed by atoms with van der Waals surface area (Å²) in [5, 5.41) is 21.9. The molecule has 0 aromatic heterocycles. The summed E-state index contributed by atoms with van der Waals surface area (Å²) in [6.07, 6.45) is 18.2. The summed E-state index contributed by atoms with van der Waals surface area (Å²) in [7, 11) is 0. The third-order valence-corrected chi connectivity index (χ3v) is 6.42. The molecule has 0 atom stereocenters. The van der Waals surface area contributed by atoms with E-state index in [4.69, 9.17) is 14.2 Å². The van der Waals surface area contributed by atoms with Gasteiger partial charge in [-0.3, -0.25) is 0 Å². The average molecular weight is 495 g/mol. The Bertz CT molecular complexity index is 659. The smallest absolute Gasteiger partial charge is 0.211 e. The van der Waals surface area contributed by atoms with Gasteiger partial charge in [0.15, 0.2) is 11.5 Å². The second-order valence-electron chi connectivity index (χ2n) is 9.70. The molecule has 0 heterocycles. The number of benzene rings is 1. The largest absolute Gasteiger partial charge is 0.504 e. The number of aromatic hydroxyl groups is 2. The minimum absolute atomic E-state index is 0.118. The molecule has 5 heteroatoms. The zero-order chi connectivity index (χ0) is 25.7. The van der Waals surface area contributed by atoms with Gasteiger partial charge in [-0.2, -0.15) is 0 Å². The van der Waals surface area contributed by atoms with E-state index in [1.165, 1.54) is 32.1 Å². The van der Waals surface area contributed by atoms with Crippen molar-refractivity contribution >= 4 is 0 Å². The number of ether oxygens (including phenoxy) is 3. The lowest BCUT2D eigenvalue weighted by Crippen LogP contribution is -2.09. The minimum atomic E-state index is -0.217. The molecule has 0 bridgehead atoms. The Hall–Kier alpha value is -1.78. The van der Waals surface area contributed by atoms with Crippen LogP contribution < -0.4 is 14.2 Å². The first-order chi connectivity index (χ1) is 17.1. The van der Waals surface area contributed by atoms with Crippen LogP contribution in [-0.2, 0) is 6.42 Å². The lowest BCUT2D eigenvalue weighted by molar-refractivity contribution is 0.223. The molecule has 0 saturated carbocycles. The van der Waals surface area contributed by atoms with Crippen molar-refractivity contribution in [3.8, 4) is 28.7 Å². The van der Waals surface area contributed by atoms with Gasteiger partial charge in [-0.15, -0.1) is 0 Å². The molecule has 0 unspecified atom stereocenters. The van der Waals surface area contributed by atoms with Crippen LogP contribution in [0.4, 0.5) is 0 Å². The first-order valence-electron chi connectivity index (χ1n) is 14.6. The van der Waals surface area contributed by atoms with Gasteiger partial charge in [-0.05, 0) is 32.1 Å². The van der Waals surface area contributed by atoms with Crippen LogP contribution in [0.15, 0.2) is 0 Å². The Morgan fingerprint density at radius 1 is 0.429 bits per heavy atom. The molecule has 204 valence electrons. The molecule has 0 aliphatic rings. The van der Waals surface area contributed by atoms with Gasteiger partial charge in [-0.25, -0.2) is 0 Å². The summed E-state index contributed by atoms with van der Waals surface area (Å²) in [5.74, 6) is 0.911. The number of hydrogen-bond acceptors (Lipinski definition) is 5. The quantitative estimate of drug-likeness (QED) is 0.117. The van der Waals surface area contributed by atoms with Crippen molar-refractivity contribution in [3.63, 3.8) is 0 Å². The van der Waals surface area contributed by atoms with Crippen LogP contribution in [0.3, 0.4) is 0 Å². The normalized spacial score (nSPS) is 11.1. The zero-order valence-electron chi connectivity index (χ0n) is 23.3. The van der Waals surface area contributed by atoms with Crippen LogP contribution in [0.25, 0.3) is 0 Å². The maximum Gasteiger partial charge on any atom is 0.211 e. The molecule has 2 N–H and O–H groups in total. The lowest BCUT2D eigenvalue weighted by Gasteiger charge is -2.22. The van der Waals surface area contributed by atoms with Gasteiger partial charge in [0.05, 0.1) is 19.8 Å². The molecule has 5 nitrogen and oxygen atoms in total. The van der Waals surface area contributed by atoms with Crippen molar-refractivity contribution in [1.29, 1.82) is 0 Å². The molecule has 0 fully saturated rings. The van der Waals surface area contributed by atoms with Gasteiger partial charge >= 0.3 is 0 Å². The van der Waals surface area contributed by atoms with Gasteiger partial charge in [0.1, 0.15) is 0 Å². The Morgan fingerprint density at radius 3 is 1.34 bits per heavy atom. The predicted octanol–water partition coefficient (Wildman–Crippen LogP) is 9.10. The van der Waals surface area contributed by atoms with Gasteiger partial charge in [0, 0.05) is 5.56 Å². The molecule has 0 radical (unpaired) electrons. The molecular formula is C30H54O5. The molecule has 0 aliphatic heterocycles. The van der Waals surface area contributed by atoms with Gasteiger partial charge in [0.2, 0.25) is 17.2 Å². The summed E-state index contributed by atoms with van der Waals surface area (Å²) < 4.78 is 18.5. The molecule has 1 aromatic rings. The van der Waals surface area contributed by atoms with Crippen LogP contribution >= 0.6 is 0 Å². The Labute approximate surface area is 215 Å². The SMILES string of the molecule is CCCCCCCCCc1c(O)c(O)c(OCCCCC)c(OCCCCC)c1OCCCCC. The summed E-state index contributed by atoms with van der Waals surface area (Å²) in [6.45, 7) is 10.3. The van der Waals surface area contributed by atoms with Gasteiger partial charge < -0.3 is 24.4 Å². The topological polar surface area (TPSA) is 68.2 Å². The van der Waals surface area contributed by atoms with E-state index in [0.29, 0.717) is 43.3 Å². The van der Waals surface area contributed by atoms with E-state index in [1.807, 2.05) is 0 Å². The fourth-order valence-corrected chi connectivity index (χ4v) is 4.19. The monoisotopic (exact) mass is 494 g/mol. The fraction of sp³-hybridized carbons (Fsp3) is 0.800. The molecular weight excluding hydrogens is 440 g/mol. The fourth-order valence-electron chi connectivity index (χ4n) is 4.19. The van der Waals surface area contributed by atoms with E-state index in [-0.39, 0.29) is 17.2 Å². The number of phenolic OH excluding ortho intramolecular Hbond substituents is 2. The Balaban J connectivity index is 3.15. The molecule has 0 spiro atoms. The van der Waals surface area contributed by atoms with Crippen molar-refractivity contribution in [2.45, 2.75) is 137 Å². The van der Waals surface area contributed by atoms with Gasteiger partial charge in [-0.1, -0.05) is 105 Å². The first-order valence-corrected chi connectivity index (χ1v) is 14.6. The molecule has 0 amide bonds. The standard InChI is InChI=1S/C30H54O5/c1-5-9-13-14-15-16-17-21-25-26(31)27(32)29(34-23-19-11-7-3)30(35-24-20-12-8-4)28(25)33-22-18-10-6-2/h31-32H,5-24H2,1-4H3. The summed E-state index contributed by atoms with van der Waals surface area (Å²) in [6, 6.07) is 0. The van der Waals surface area contributed by atoms with Crippen LogP contribution in [0.2, 0.25) is 0 Å². The van der Waals surface area contributed by atoms with Crippen LogP contribution in [0, 0.1) is 0 Å². The predicted molar refractivity (Wildman–Crippen MR) is 147 cm³/mol. The van der Waals surface area contributed by atoms with Crippen molar-refractivity contribution in [2.75, 3.05) is 19.8 Å². The van der Waals surface area contributed by atoms with Crippen molar-refractivity contribution in [3.05, 3.63) is 5.56 Å². The summed E-state index contributed by atoms with van der Waals surface area (Å²) >= 11 is 0. The highest BCUT2D eigenvalue weighted by atomic mass is 16.5. The third-order valence-electron chi connectivity index (χ3n) is 6.42. The number of hydrogen-bond donors (Lipinski definition) is 2. The lowest BCUT2D eigenvalue weighted by atomic mass is 10.0. The second-order valence-corrected chi connectivity index (χ2v) is 9.70. The summed E-state index contributed by atoms with van der Waals surface area (Å²) in [4.78, 5) is 0. The highest BCUT2D eigenvalue weighted by molar-refractivity contribution is 5.69. The van der Waals surface area contributed by atoms with E-state index in [9.17, 15) is 10.2 Å². The maximum atomic E-state index is 11.0. The minimum Gasteiger partial charge on any atom is -0.504 e. The third kappa shape index (κ3) is 12.1. The average Bonchev–Trinajstić information content (AvgIpc) is 2.86. The van der Waals surface area contributed by atoms with Crippen LogP contribution in [-0.4, -0.2) is 30.0 Å². The molecule has 35 heavy (non-hydrogen) atoms. The highest BCUT2D eigenvalue weighted by Crippen LogP contribution is 2.53. The zero-order valence-corrected chi connectivity index (χ0v) is 23.3. The van der Waals surface area contributed by atoms with E-state index < -0.39 is 0 Å².